The highest BCUT2D eigenvalue weighted by molar-refractivity contribution is 5.57. The highest BCUT2D eigenvalue weighted by Crippen LogP contribution is 2.36. The lowest BCUT2D eigenvalue weighted by molar-refractivity contribution is -0.206. The standard InChI is InChI=1S/C16H21F3N2O/c1-3-7-20-8-10-21(11-9-20)14-6-4-5-13(12(14)2)15(22)16(17,18)19/h3-6,15,22H,1,7-11H2,2H3. The Labute approximate surface area is 128 Å². The molecule has 22 heavy (non-hydrogen) atoms. The van der Waals surface area contributed by atoms with Crippen LogP contribution in [0.5, 0.6) is 0 Å². The van der Waals surface area contributed by atoms with Gasteiger partial charge in [-0.2, -0.15) is 13.2 Å². The molecule has 0 aliphatic carbocycles. The van der Waals surface area contributed by atoms with Crippen LogP contribution in [-0.2, 0) is 0 Å². The van der Waals surface area contributed by atoms with Crippen LogP contribution in [0.1, 0.15) is 17.2 Å². The average Bonchev–Trinajstić information content (AvgIpc) is 2.47. The van der Waals surface area contributed by atoms with Crippen molar-refractivity contribution in [3.63, 3.8) is 0 Å². The third-order valence-corrected chi connectivity index (χ3v) is 4.05. The maximum atomic E-state index is 12.7. The van der Waals surface area contributed by atoms with E-state index in [1.807, 2.05) is 12.1 Å². The number of aliphatic hydroxyl groups excluding tert-OH is 1. The summed E-state index contributed by atoms with van der Waals surface area (Å²) in [5, 5.41) is 9.51. The fraction of sp³-hybridized carbons (Fsp3) is 0.500. The van der Waals surface area contributed by atoms with Crippen LogP contribution in [-0.4, -0.2) is 48.9 Å². The second kappa shape index (κ2) is 6.71. The van der Waals surface area contributed by atoms with Crippen molar-refractivity contribution in [2.24, 2.45) is 0 Å². The summed E-state index contributed by atoms with van der Waals surface area (Å²) >= 11 is 0. The van der Waals surface area contributed by atoms with Crippen molar-refractivity contribution in [1.29, 1.82) is 0 Å². The van der Waals surface area contributed by atoms with Crippen LogP contribution in [0.4, 0.5) is 18.9 Å². The number of halogens is 3. The Morgan fingerprint density at radius 1 is 1.27 bits per heavy atom. The molecule has 1 N–H and O–H groups in total. The van der Waals surface area contributed by atoms with E-state index in [0.717, 1.165) is 38.4 Å². The maximum absolute atomic E-state index is 12.7. The molecule has 1 saturated heterocycles. The first kappa shape index (κ1) is 16.8. The molecule has 0 saturated carbocycles. The van der Waals surface area contributed by atoms with Gasteiger partial charge in [0.1, 0.15) is 0 Å². The SMILES string of the molecule is C=CCN1CCN(c2cccc(C(O)C(F)(F)F)c2C)CC1. The molecular weight excluding hydrogens is 293 g/mol. The van der Waals surface area contributed by atoms with E-state index in [1.165, 1.54) is 6.07 Å². The van der Waals surface area contributed by atoms with E-state index in [0.29, 0.717) is 5.56 Å². The first-order chi connectivity index (χ1) is 10.3. The van der Waals surface area contributed by atoms with E-state index in [9.17, 15) is 18.3 Å². The number of aliphatic hydroxyl groups is 1. The summed E-state index contributed by atoms with van der Waals surface area (Å²) in [6.45, 7) is 9.35. The second-order valence-electron chi connectivity index (χ2n) is 5.51. The van der Waals surface area contributed by atoms with Gasteiger partial charge < -0.3 is 10.0 Å². The fourth-order valence-corrected chi connectivity index (χ4v) is 2.81. The van der Waals surface area contributed by atoms with Crippen LogP contribution >= 0.6 is 0 Å². The summed E-state index contributed by atoms with van der Waals surface area (Å²) in [5.41, 5.74) is 1.18. The molecule has 2 rings (SSSR count). The van der Waals surface area contributed by atoms with Gasteiger partial charge in [0.15, 0.2) is 6.10 Å². The molecule has 0 radical (unpaired) electrons. The molecule has 0 aromatic heterocycles. The summed E-state index contributed by atoms with van der Waals surface area (Å²) in [7, 11) is 0. The topological polar surface area (TPSA) is 26.7 Å². The normalized spacial score (nSPS) is 18.3. The van der Waals surface area contributed by atoms with Gasteiger partial charge in [0, 0.05) is 38.4 Å². The molecule has 0 amide bonds. The molecule has 0 bridgehead atoms. The second-order valence-corrected chi connectivity index (χ2v) is 5.51. The van der Waals surface area contributed by atoms with E-state index >= 15 is 0 Å². The monoisotopic (exact) mass is 314 g/mol. The third kappa shape index (κ3) is 3.62. The lowest BCUT2D eigenvalue weighted by Gasteiger charge is -2.36. The lowest BCUT2D eigenvalue weighted by atomic mass is 10.0. The van der Waals surface area contributed by atoms with Crippen molar-refractivity contribution in [2.75, 3.05) is 37.6 Å². The molecule has 0 spiro atoms. The number of hydrogen-bond donors (Lipinski definition) is 1. The third-order valence-electron chi connectivity index (χ3n) is 4.05. The molecule has 1 fully saturated rings. The van der Waals surface area contributed by atoms with E-state index < -0.39 is 12.3 Å². The summed E-state index contributed by atoms with van der Waals surface area (Å²) in [6, 6.07) is 4.72. The number of piperazine rings is 1. The van der Waals surface area contributed by atoms with E-state index in [2.05, 4.69) is 16.4 Å². The maximum Gasteiger partial charge on any atom is 0.418 e. The Morgan fingerprint density at radius 2 is 1.91 bits per heavy atom. The zero-order valence-corrected chi connectivity index (χ0v) is 12.6. The molecule has 1 aliphatic heterocycles. The largest absolute Gasteiger partial charge is 0.418 e. The van der Waals surface area contributed by atoms with Crippen molar-refractivity contribution in [2.45, 2.75) is 19.2 Å². The van der Waals surface area contributed by atoms with Gasteiger partial charge in [-0.15, -0.1) is 6.58 Å². The quantitative estimate of drug-likeness (QED) is 0.866. The zero-order chi connectivity index (χ0) is 16.3. The predicted molar refractivity (Wildman–Crippen MR) is 81.0 cm³/mol. The van der Waals surface area contributed by atoms with Crippen molar-refractivity contribution in [3.05, 3.63) is 42.0 Å². The summed E-state index contributed by atoms with van der Waals surface area (Å²) in [5.74, 6) is 0. The lowest BCUT2D eigenvalue weighted by Crippen LogP contribution is -2.46. The molecule has 1 aromatic rings. The van der Waals surface area contributed by atoms with Gasteiger partial charge in [0.2, 0.25) is 0 Å². The van der Waals surface area contributed by atoms with Crippen LogP contribution in [0, 0.1) is 6.92 Å². The minimum absolute atomic E-state index is 0.0708. The highest BCUT2D eigenvalue weighted by Gasteiger charge is 2.40. The summed E-state index contributed by atoms with van der Waals surface area (Å²) < 4.78 is 38.2. The summed E-state index contributed by atoms with van der Waals surface area (Å²) in [6.07, 6.45) is -5.23. The van der Waals surface area contributed by atoms with E-state index in [-0.39, 0.29) is 5.56 Å². The molecule has 6 heteroatoms. The Kier molecular flexibility index (Phi) is 5.13. The molecule has 1 atom stereocenters. The first-order valence-corrected chi connectivity index (χ1v) is 7.27. The molecule has 1 unspecified atom stereocenters. The fourth-order valence-electron chi connectivity index (χ4n) is 2.81. The molecule has 122 valence electrons. The van der Waals surface area contributed by atoms with Crippen molar-refractivity contribution >= 4 is 5.69 Å². The van der Waals surface area contributed by atoms with Crippen molar-refractivity contribution in [3.8, 4) is 0 Å². The minimum atomic E-state index is -4.65. The van der Waals surface area contributed by atoms with Crippen LogP contribution in [0.25, 0.3) is 0 Å². The first-order valence-electron chi connectivity index (χ1n) is 7.27. The van der Waals surface area contributed by atoms with Gasteiger partial charge in [0.25, 0.3) is 0 Å². The smallest absolute Gasteiger partial charge is 0.379 e. The minimum Gasteiger partial charge on any atom is -0.379 e. The Hall–Kier alpha value is -1.53. The van der Waals surface area contributed by atoms with Gasteiger partial charge >= 0.3 is 6.18 Å². The van der Waals surface area contributed by atoms with E-state index in [4.69, 9.17) is 0 Å². The predicted octanol–water partition coefficient (Wildman–Crippen LogP) is 2.90. The number of rotatable bonds is 4. The van der Waals surface area contributed by atoms with Crippen LogP contribution < -0.4 is 4.90 Å². The molecule has 1 heterocycles. The van der Waals surface area contributed by atoms with Gasteiger partial charge in [-0.3, -0.25) is 4.90 Å². The number of benzene rings is 1. The van der Waals surface area contributed by atoms with Gasteiger partial charge in [-0.25, -0.2) is 0 Å². The molecule has 1 aliphatic rings. The number of anilines is 1. The van der Waals surface area contributed by atoms with Gasteiger partial charge in [0.05, 0.1) is 0 Å². The van der Waals surface area contributed by atoms with Crippen LogP contribution in [0.15, 0.2) is 30.9 Å². The highest BCUT2D eigenvalue weighted by atomic mass is 19.4. The van der Waals surface area contributed by atoms with Crippen LogP contribution in [0.2, 0.25) is 0 Å². The molecule has 3 nitrogen and oxygen atoms in total. The Morgan fingerprint density at radius 3 is 2.45 bits per heavy atom. The summed E-state index contributed by atoms with van der Waals surface area (Å²) in [4.78, 5) is 4.31. The van der Waals surface area contributed by atoms with E-state index in [1.54, 1.807) is 13.0 Å². The van der Waals surface area contributed by atoms with Gasteiger partial charge in [-0.05, 0) is 24.1 Å². The Bertz CT molecular complexity index is 523. The zero-order valence-electron chi connectivity index (χ0n) is 12.6. The van der Waals surface area contributed by atoms with Crippen LogP contribution in [0.3, 0.4) is 0 Å². The van der Waals surface area contributed by atoms with Crippen molar-refractivity contribution < 1.29 is 18.3 Å². The molecule has 1 aromatic carbocycles. The van der Waals surface area contributed by atoms with Crippen molar-refractivity contribution in [1.82, 2.24) is 4.90 Å². The Balaban J connectivity index is 2.18. The average molecular weight is 314 g/mol. The van der Waals surface area contributed by atoms with Gasteiger partial charge in [-0.1, -0.05) is 18.2 Å². The molecular formula is C16H21F3N2O. The number of alkyl halides is 3. The number of nitrogens with zero attached hydrogens (tertiary/aromatic N) is 2. The number of hydrogen-bond acceptors (Lipinski definition) is 3.